The van der Waals surface area contributed by atoms with Crippen LogP contribution in [-0.4, -0.2) is 55.2 Å². The van der Waals surface area contributed by atoms with Crippen LogP contribution in [0.25, 0.3) is 0 Å². The van der Waals surface area contributed by atoms with Crippen molar-refractivity contribution in [2.24, 2.45) is 5.73 Å². The number of hydrogen-bond acceptors (Lipinski definition) is 4. The minimum absolute atomic E-state index is 0.260. The first-order valence-corrected chi connectivity index (χ1v) is 6.74. The summed E-state index contributed by atoms with van der Waals surface area (Å²) in [5, 5.41) is 0. The van der Waals surface area contributed by atoms with Gasteiger partial charge in [0, 0.05) is 26.2 Å². The summed E-state index contributed by atoms with van der Waals surface area (Å²) in [5.41, 5.74) is 5.50. The van der Waals surface area contributed by atoms with Crippen molar-refractivity contribution < 1.29 is 9.53 Å². The number of nitrogens with zero attached hydrogens (tertiary/aromatic N) is 2. The lowest BCUT2D eigenvalue weighted by Gasteiger charge is -2.33. The average Bonchev–Trinajstić information content (AvgIpc) is 2.46. The number of para-hydroxylation sites is 1. The largest absolute Gasteiger partial charge is 0.415 e. The average molecular weight is 263 g/mol. The lowest BCUT2D eigenvalue weighted by atomic mass is 10.3. The molecule has 1 amide bonds. The summed E-state index contributed by atoms with van der Waals surface area (Å²) < 4.78 is 5.32. The maximum absolute atomic E-state index is 12.0. The van der Waals surface area contributed by atoms with Crippen molar-refractivity contribution in [3.05, 3.63) is 30.3 Å². The quantitative estimate of drug-likeness (QED) is 0.885. The number of carbonyl (C=O) groups excluding carboxylic acids is 1. The van der Waals surface area contributed by atoms with Crippen molar-refractivity contribution in [2.75, 3.05) is 39.3 Å². The van der Waals surface area contributed by atoms with E-state index in [1.165, 1.54) is 0 Å². The number of piperazine rings is 1. The monoisotopic (exact) mass is 263 g/mol. The predicted octanol–water partition coefficient (Wildman–Crippen LogP) is 1.15. The molecule has 1 aromatic carbocycles. The summed E-state index contributed by atoms with van der Waals surface area (Å²) in [6, 6.07) is 9.18. The highest BCUT2D eigenvalue weighted by Gasteiger charge is 2.21. The molecule has 2 N–H and O–H groups in total. The molecule has 1 saturated heterocycles. The number of amides is 1. The van der Waals surface area contributed by atoms with Crippen molar-refractivity contribution in [1.29, 1.82) is 0 Å². The van der Waals surface area contributed by atoms with E-state index in [1.54, 1.807) is 17.0 Å². The van der Waals surface area contributed by atoms with Gasteiger partial charge in [-0.2, -0.15) is 0 Å². The first kappa shape index (κ1) is 13.8. The fourth-order valence-electron chi connectivity index (χ4n) is 2.12. The molecule has 0 spiro atoms. The second-order valence-electron chi connectivity index (χ2n) is 4.65. The summed E-state index contributed by atoms with van der Waals surface area (Å²) >= 11 is 0. The van der Waals surface area contributed by atoms with Crippen molar-refractivity contribution in [1.82, 2.24) is 9.80 Å². The van der Waals surface area contributed by atoms with E-state index in [0.29, 0.717) is 5.75 Å². The van der Waals surface area contributed by atoms with E-state index >= 15 is 0 Å². The molecule has 5 nitrogen and oxygen atoms in total. The van der Waals surface area contributed by atoms with Gasteiger partial charge in [-0.25, -0.2) is 4.79 Å². The van der Waals surface area contributed by atoms with Crippen LogP contribution in [0.2, 0.25) is 0 Å². The van der Waals surface area contributed by atoms with Gasteiger partial charge in [-0.3, -0.25) is 4.90 Å². The fourth-order valence-corrected chi connectivity index (χ4v) is 2.12. The van der Waals surface area contributed by atoms with Crippen LogP contribution in [0.1, 0.15) is 6.42 Å². The van der Waals surface area contributed by atoms with Gasteiger partial charge in [0.25, 0.3) is 0 Å². The van der Waals surface area contributed by atoms with Crippen LogP contribution in [-0.2, 0) is 0 Å². The summed E-state index contributed by atoms with van der Waals surface area (Å²) in [7, 11) is 0. The molecule has 0 unspecified atom stereocenters. The third-order valence-electron chi connectivity index (χ3n) is 3.26. The second-order valence-corrected chi connectivity index (χ2v) is 4.65. The van der Waals surface area contributed by atoms with Gasteiger partial charge in [-0.05, 0) is 31.6 Å². The maximum atomic E-state index is 12.0. The molecule has 0 atom stereocenters. The van der Waals surface area contributed by atoms with E-state index in [2.05, 4.69) is 4.90 Å². The summed E-state index contributed by atoms with van der Waals surface area (Å²) in [4.78, 5) is 16.0. The smallest absolute Gasteiger partial charge is 0.410 e. The number of nitrogens with two attached hydrogens (primary N) is 1. The molecule has 1 fully saturated rings. The Kier molecular flexibility index (Phi) is 5.18. The molecule has 0 aliphatic carbocycles. The minimum atomic E-state index is -0.260. The van der Waals surface area contributed by atoms with Gasteiger partial charge in [-0.15, -0.1) is 0 Å². The van der Waals surface area contributed by atoms with Gasteiger partial charge >= 0.3 is 6.09 Å². The molecule has 5 heteroatoms. The van der Waals surface area contributed by atoms with Crippen LogP contribution in [0, 0.1) is 0 Å². The highest BCUT2D eigenvalue weighted by Crippen LogP contribution is 2.11. The number of carbonyl (C=O) groups is 1. The number of ether oxygens (including phenoxy) is 1. The Morgan fingerprint density at radius 2 is 1.84 bits per heavy atom. The van der Waals surface area contributed by atoms with Gasteiger partial charge in [0.05, 0.1) is 0 Å². The van der Waals surface area contributed by atoms with E-state index < -0.39 is 0 Å². The molecular weight excluding hydrogens is 242 g/mol. The standard InChI is InChI=1S/C14H21N3O2/c15-7-4-8-16-9-11-17(12-10-16)14(18)19-13-5-2-1-3-6-13/h1-3,5-6H,4,7-12,15H2. The van der Waals surface area contributed by atoms with Crippen LogP contribution in [0.3, 0.4) is 0 Å². The van der Waals surface area contributed by atoms with E-state index in [4.69, 9.17) is 10.5 Å². The lowest BCUT2D eigenvalue weighted by Crippen LogP contribution is -2.49. The molecule has 104 valence electrons. The SMILES string of the molecule is NCCCN1CCN(C(=O)Oc2ccccc2)CC1. The van der Waals surface area contributed by atoms with Gasteiger partial charge in [-0.1, -0.05) is 18.2 Å². The molecular formula is C14H21N3O2. The Hall–Kier alpha value is -1.59. The van der Waals surface area contributed by atoms with E-state index in [9.17, 15) is 4.79 Å². The third-order valence-corrected chi connectivity index (χ3v) is 3.26. The Bertz CT molecular complexity index is 389. The maximum Gasteiger partial charge on any atom is 0.415 e. The van der Waals surface area contributed by atoms with E-state index in [-0.39, 0.29) is 6.09 Å². The van der Waals surface area contributed by atoms with Gasteiger partial charge in [0.2, 0.25) is 0 Å². The molecule has 19 heavy (non-hydrogen) atoms. The zero-order chi connectivity index (χ0) is 13.5. The molecule has 1 aliphatic rings. The third kappa shape index (κ3) is 4.22. The minimum Gasteiger partial charge on any atom is -0.410 e. The Morgan fingerprint density at radius 1 is 1.16 bits per heavy atom. The predicted molar refractivity (Wildman–Crippen MR) is 74.2 cm³/mol. The first-order valence-electron chi connectivity index (χ1n) is 6.74. The molecule has 0 bridgehead atoms. The number of benzene rings is 1. The van der Waals surface area contributed by atoms with Gasteiger partial charge in [0.1, 0.15) is 5.75 Å². The molecule has 1 aliphatic heterocycles. The summed E-state index contributed by atoms with van der Waals surface area (Å²) in [6.45, 7) is 4.95. The van der Waals surface area contributed by atoms with E-state index in [0.717, 1.165) is 45.7 Å². The van der Waals surface area contributed by atoms with Crippen LogP contribution in [0.5, 0.6) is 5.75 Å². The highest BCUT2D eigenvalue weighted by molar-refractivity contribution is 5.70. The van der Waals surface area contributed by atoms with Gasteiger partial charge in [0.15, 0.2) is 0 Å². The topological polar surface area (TPSA) is 58.8 Å². The normalized spacial score (nSPS) is 16.4. The number of rotatable bonds is 4. The Labute approximate surface area is 113 Å². The number of hydrogen-bond donors (Lipinski definition) is 1. The Balaban J connectivity index is 1.76. The molecule has 0 saturated carbocycles. The Morgan fingerprint density at radius 3 is 2.47 bits per heavy atom. The zero-order valence-corrected chi connectivity index (χ0v) is 11.1. The molecule has 1 aromatic rings. The zero-order valence-electron chi connectivity index (χ0n) is 11.1. The van der Waals surface area contributed by atoms with Crippen LogP contribution < -0.4 is 10.5 Å². The highest BCUT2D eigenvalue weighted by atomic mass is 16.6. The lowest BCUT2D eigenvalue weighted by molar-refractivity contribution is 0.110. The van der Waals surface area contributed by atoms with Crippen LogP contribution in [0.15, 0.2) is 30.3 Å². The summed E-state index contributed by atoms with van der Waals surface area (Å²) in [6.07, 6.45) is 0.749. The van der Waals surface area contributed by atoms with Crippen LogP contribution in [0.4, 0.5) is 4.79 Å². The van der Waals surface area contributed by atoms with Crippen molar-refractivity contribution >= 4 is 6.09 Å². The summed E-state index contributed by atoms with van der Waals surface area (Å²) in [5.74, 6) is 0.595. The first-order chi connectivity index (χ1) is 9.29. The van der Waals surface area contributed by atoms with Gasteiger partial charge < -0.3 is 15.4 Å². The fraction of sp³-hybridized carbons (Fsp3) is 0.500. The molecule has 2 rings (SSSR count). The van der Waals surface area contributed by atoms with Crippen molar-refractivity contribution in [2.45, 2.75) is 6.42 Å². The van der Waals surface area contributed by atoms with E-state index in [1.807, 2.05) is 18.2 Å². The van der Waals surface area contributed by atoms with Crippen molar-refractivity contribution in [3.63, 3.8) is 0 Å². The van der Waals surface area contributed by atoms with Crippen LogP contribution >= 0.6 is 0 Å². The molecule has 0 aromatic heterocycles. The molecule has 1 heterocycles. The second kappa shape index (κ2) is 7.11. The molecule has 0 radical (unpaired) electrons. The van der Waals surface area contributed by atoms with Crippen molar-refractivity contribution in [3.8, 4) is 5.75 Å².